The summed E-state index contributed by atoms with van der Waals surface area (Å²) in [5, 5.41) is 12.3. The number of carbonyl (C=O) groups is 2. The Morgan fingerprint density at radius 1 is 0.811 bits per heavy atom. The lowest BCUT2D eigenvalue weighted by atomic mass is 10.0. The zero-order chi connectivity index (χ0) is 25.6. The van der Waals surface area contributed by atoms with Crippen molar-refractivity contribution in [3.05, 3.63) is 60.2 Å². The summed E-state index contributed by atoms with van der Waals surface area (Å²) in [6, 6.07) is 17.8. The Bertz CT molecular complexity index is 1030. The van der Waals surface area contributed by atoms with Gasteiger partial charge in [-0.1, -0.05) is 30.3 Å². The number of likely N-dealkylation sites (tertiary alicyclic amines) is 2. The van der Waals surface area contributed by atoms with Crippen molar-refractivity contribution in [1.82, 2.24) is 19.6 Å². The van der Waals surface area contributed by atoms with Crippen LogP contribution in [-0.2, 0) is 16.1 Å². The molecular weight excluding hydrogens is 466 g/mol. The van der Waals surface area contributed by atoms with Crippen LogP contribution >= 0.6 is 0 Å². The molecule has 3 heterocycles. The summed E-state index contributed by atoms with van der Waals surface area (Å²) in [7, 11) is 0. The maximum atomic E-state index is 13.0. The second-order valence-corrected chi connectivity index (χ2v) is 10.7. The molecule has 0 bridgehead atoms. The van der Waals surface area contributed by atoms with Crippen LogP contribution in [0.25, 0.3) is 0 Å². The number of carbonyl (C=O) groups excluding carboxylic acids is 2. The highest BCUT2D eigenvalue weighted by molar-refractivity contribution is 5.93. The Hall–Kier alpha value is -2.94. The molecule has 2 aromatic carbocycles. The zero-order valence-corrected chi connectivity index (χ0v) is 21.6. The Morgan fingerprint density at radius 3 is 2.19 bits per heavy atom. The topological polar surface area (TPSA) is 79.4 Å². The van der Waals surface area contributed by atoms with Crippen molar-refractivity contribution >= 4 is 17.5 Å². The molecule has 0 radical (unpaired) electrons. The molecule has 1 unspecified atom stereocenters. The van der Waals surface area contributed by atoms with Gasteiger partial charge in [0.15, 0.2) is 0 Å². The fourth-order valence-corrected chi connectivity index (χ4v) is 5.89. The van der Waals surface area contributed by atoms with Crippen molar-refractivity contribution < 1.29 is 14.7 Å². The lowest BCUT2D eigenvalue weighted by molar-refractivity contribution is -0.134. The van der Waals surface area contributed by atoms with Crippen LogP contribution in [0.1, 0.15) is 24.8 Å². The molecule has 37 heavy (non-hydrogen) atoms. The van der Waals surface area contributed by atoms with E-state index in [9.17, 15) is 14.7 Å². The minimum absolute atomic E-state index is 0.0240. The molecule has 2 amide bonds. The van der Waals surface area contributed by atoms with Gasteiger partial charge in [0.25, 0.3) is 0 Å². The Morgan fingerprint density at radius 2 is 1.49 bits per heavy atom. The van der Waals surface area contributed by atoms with Crippen molar-refractivity contribution in [2.75, 3.05) is 64.2 Å². The van der Waals surface area contributed by atoms with Crippen molar-refractivity contribution in [2.24, 2.45) is 5.92 Å². The largest absolute Gasteiger partial charge is 0.508 e. The van der Waals surface area contributed by atoms with Gasteiger partial charge >= 0.3 is 0 Å². The number of hydrogen-bond acceptors (Lipinski definition) is 6. The monoisotopic (exact) mass is 505 g/mol. The number of amides is 2. The first-order valence-electron chi connectivity index (χ1n) is 13.6. The molecule has 5 rings (SSSR count). The van der Waals surface area contributed by atoms with Gasteiger partial charge in [-0.25, -0.2) is 0 Å². The maximum absolute atomic E-state index is 13.0. The van der Waals surface area contributed by atoms with E-state index in [4.69, 9.17) is 0 Å². The van der Waals surface area contributed by atoms with Gasteiger partial charge in [-0.2, -0.15) is 0 Å². The molecule has 0 saturated carbocycles. The van der Waals surface area contributed by atoms with Crippen molar-refractivity contribution in [3.63, 3.8) is 0 Å². The lowest BCUT2D eigenvalue weighted by Gasteiger charge is -2.43. The number of rotatable bonds is 7. The van der Waals surface area contributed by atoms with Crippen LogP contribution in [0.15, 0.2) is 54.6 Å². The molecule has 3 saturated heterocycles. The summed E-state index contributed by atoms with van der Waals surface area (Å²) < 4.78 is 0. The predicted molar refractivity (Wildman–Crippen MR) is 144 cm³/mol. The van der Waals surface area contributed by atoms with E-state index in [1.165, 1.54) is 18.4 Å². The fourth-order valence-electron chi connectivity index (χ4n) is 5.89. The summed E-state index contributed by atoms with van der Waals surface area (Å²) >= 11 is 0. The molecule has 198 valence electrons. The molecule has 3 aliphatic heterocycles. The summed E-state index contributed by atoms with van der Waals surface area (Å²) in [4.78, 5) is 34.9. The van der Waals surface area contributed by atoms with Gasteiger partial charge in [0.05, 0.1) is 12.5 Å². The molecule has 8 heteroatoms. The highest BCUT2D eigenvalue weighted by Crippen LogP contribution is 2.22. The zero-order valence-electron chi connectivity index (χ0n) is 21.6. The van der Waals surface area contributed by atoms with Crippen LogP contribution in [0.4, 0.5) is 5.69 Å². The van der Waals surface area contributed by atoms with Crippen LogP contribution in [0.2, 0.25) is 0 Å². The number of piperazine rings is 1. The molecule has 3 fully saturated rings. The predicted octanol–water partition coefficient (Wildman–Crippen LogP) is 2.46. The van der Waals surface area contributed by atoms with E-state index < -0.39 is 0 Å². The number of aromatic hydroxyl groups is 1. The van der Waals surface area contributed by atoms with E-state index in [0.29, 0.717) is 24.8 Å². The number of anilines is 1. The molecule has 2 N–H and O–H groups in total. The lowest BCUT2D eigenvalue weighted by Crippen LogP contribution is -2.55. The van der Waals surface area contributed by atoms with E-state index >= 15 is 0 Å². The van der Waals surface area contributed by atoms with Gasteiger partial charge in [-0.05, 0) is 68.7 Å². The standard InChI is InChI=1S/C29H39N5O3/c35-27-8-6-25(7-9-27)30-29(37)24-10-13-32(21-24)22-28(36)34-18-16-33(17-19-34)26-11-14-31(15-12-26)20-23-4-2-1-3-5-23/h1-9,24,26,35H,10-22H2,(H,30,37). The number of benzene rings is 2. The van der Waals surface area contributed by atoms with Crippen LogP contribution in [0, 0.1) is 5.92 Å². The summed E-state index contributed by atoms with van der Waals surface area (Å²) in [6.07, 6.45) is 3.15. The second kappa shape index (κ2) is 12.1. The fraction of sp³-hybridized carbons (Fsp3) is 0.517. The van der Waals surface area contributed by atoms with E-state index in [1.807, 2.05) is 4.90 Å². The summed E-state index contributed by atoms with van der Waals surface area (Å²) in [6.45, 7) is 8.55. The Balaban J connectivity index is 1.00. The number of nitrogens with one attached hydrogen (secondary N) is 1. The molecule has 8 nitrogen and oxygen atoms in total. The van der Waals surface area contributed by atoms with E-state index in [-0.39, 0.29) is 23.5 Å². The first kappa shape index (κ1) is 25.7. The minimum Gasteiger partial charge on any atom is -0.508 e. The van der Waals surface area contributed by atoms with E-state index in [0.717, 1.165) is 58.8 Å². The van der Waals surface area contributed by atoms with Crippen molar-refractivity contribution in [1.29, 1.82) is 0 Å². The van der Waals surface area contributed by atoms with Crippen LogP contribution < -0.4 is 5.32 Å². The first-order chi connectivity index (χ1) is 18.0. The molecule has 1 atom stereocenters. The van der Waals surface area contributed by atoms with Gasteiger partial charge in [0.2, 0.25) is 11.8 Å². The molecule has 0 spiro atoms. The SMILES string of the molecule is O=C(Nc1ccc(O)cc1)C1CCN(CC(=O)N2CCN(C3CCN(Cc4ccccc4)CC3)CC2)C1. The normalized spacial score (nSPS) is 22.3. The van der Waals surface area contributed by atoms with Gasteiger partial charge in [0.1, 0.15) is 5.75 Å². The van der Waals surface area contributed by atoms with Gasteiger partial charge in [-0.3, -0.25) is 24.3 Å². The van der Waals surface area contributed by atoms with Crippen LogP contribution in [0.5, 0.6) is 5.75 Å². The number of phenols is 1. The summed E-state index contributed by atoms with van der Waals surface area (Å²) in [5.74, 6) is 0.209. The third-order valence-electron chi connectivity index (χ3n) is 8.13. The second-order valence-electron chi connectivity index (χ2n) is 10.7. The quantitative estimate of drug-likeness (QED) is 0.563. The molecule has 2 aromatic rings. The molecule has 3 aliphatic rings. The number of nitrogens with zero attached hydrogens (tertiary/aromatic N) is 4. The highest BCUT2D eigenvalue weighted by Gasteiger charge is 2.32. The number of piperidine rings is 1. The van der Waals surface area contributed by atoms with Gasteiger partial charge < -0.3 is 15.3 Å². The Labute approximate surface area is 219 Å². The average Bonchev–Trinajstić information content (AvgIpc) is 3.40. The number of hydrogen-bond donors (Lipinski definition) is 2. The number of phenolic OH excluding ortho intramolecular Hbond substituents is 1. The van der Waals surface area contributed by atoms with Gasteiger partial charge in [-0.15, -0.1) is 0 Å². The Kier molecular flexibility index (Phi) is 8.38. The molecular formula is C29H39N5O3. The molecule has 0 aromatic heterocycles. The third-order valence-corrected chi connectivity index (χ3v) is 8.13. The van der Waals surface area contributed by atoms with E-state index in [1.54, 1.807) is 24.3 Å². The average molecular weight is 506 g/mol. The van der Waals surface area contributed by atoms with Crippen molar-refractivity contribution in [3.8, 4) is 5.75 Å². The van der Waals surface area contributed by atoms with E-state index in [2.05, 4.69) is 50.3 Å². The molecule has 0 aliphatic carbocycles. The smallest absolute Gasteiger partial charge is 0.236 e. The minimum atomic E-state index is -0.119. The van der Waals surface area contributed by atoms with Gasteiger partial charge in [0, 0.05) is 51.0 Å². The maximum Gasteiger partial charge on any atom is 0.236 e. The van der Waals surface area contributed by atoms with Crippen LogP contribution in [0.3, 0.4) is 0 Å². The highest BCUT2D eigenvalue weighted by atomic mass is 16.3. The first-order valence-corrected chi connectivity index (χ1v) is 13.6. The van der Waals surface area contributed by atoms with Crippen LogP contribution in [-0.4, -0.2) is 101 Å². The third kappa shape index (κ3) is 6.89. The van der Waals surface area contributed by atoms with Crippen molar-refractivity contribution in [2.45, 2.75) is 31.8 Å². The summed E-state index contributed by atoms with van der Waals surface area (Å²) in [5.41, 5.74) is 2.06.